The standard InChI is InChI=1S/C29H37ClFN3O2/c30-27-22-24(9-12-28(27)31)29(35)32-25-13-19-34(20-14-25)17-4-6-23-7-10-26(11-8-23)36-21-5-18-33-15-2-1-3-16-33/h4,6-12,22,25H,1-3,5,13-21H2,(H,32,35)/b6-4+. The van der Waals surface area contributed by atoms with Gasteiger partial charge in [0.2, 0.25) is 0 Å². The van der Waals surface area contributed by atoms with Crippen molar-refractivity contribution in [2.45, 2.75) is 44.6 Å². The summed E-state index contributed by atoms with van der Waals surface area (Å²) in [6.45, 7) is 7.09. The van der Waals surface area contributed by atoms with Crippen molar-refractivity contribution in [3.63, 3.8) is 0 Å². The van der Waals surface area contributed by atoms with Crippen molar-refractivity contribution in [1.82, 2.24) is 15.1 Å². The number of carbonyl (C=O) groups is 1. The van der Waals surface area contributed by atoms with Gasteiger partial charge in [-0.25, -0.2) is 4.39 Å². The summed E-state index contributed by atoms with van der Waals surface area (Å²) < 4.78 is 19.2. The first-order chi connectivity index (χ1) is 17.6. The van der Waals surface area contributed by atoms with Crippen molar-refractivity contribution in [1.29, 1.82) is 0 Å². The Morgan fingerprint density at radius 1 is 1.03 bits per heavy atom. The summed E-state index contributed by atoms with van der Waals surface area (Å²) in [5.41, 5.74) is 1.55. The Morgan fingerprint density at radius 2 is 1.78 bits per heavy atom. The number of benzene rings is 2. The molecule has 2 saturated heterocycles. The van der Waals surface area contributed by atoms with Gasteiger partial charge in [0.15, 0.2) is 0 Å². The van der Waals surface area contributed by atoms with E-state index in [1.54, 1.807) is 0 Å². The van der Waals surface area contributed by atoms with Gasteiger partial charge >= 0.3 is 0 Å². The fraction of sp³-hybridized carbons (Fsp3) is 0.483. The molecule has 0 spiro atoms. The van der Waals surface area contributed by atoms with Gasteiger partial charge in [0.1, 0.15) is 11.6 Å². The lowest BCUT2D eigenvalue weighted by Crippen LogP contribution is -2.44. The van der Waals surface area contributed by atoms with Crippen LogP contribution in [-0.2, 0) is 0 Å². The third-order valence-electron chi connectivity index (χ3n) is 6.99. The lowest BCUT2D eigenvalue weighted by Gasteiger charge is -2.31. The Kier molecular flexibility index (Phi) is 10.2. The molecule has 5 nitrogen and oxygen atoms in total. The summed E-state index contributed by atoms with van der Waals surface area (Å²) in [5.74, 6) is 0.208. The SMILES string of the molecule is O=C(NC1CCN(C/C=C/c2ccc(OCCCN3CCCCC3)cc2)CC1)c1ccc(F)c(Cl)c1. The van der Waals surface area contributed by atoms with Crippen LogP contribution in [-0.4, -0.2) is 67.6 Å². The van der Waals surface area contributed by atoms with E-state index in [9.17, 15) is 9.18 Å². The molecule has 0 aliphatic carbocycles. The Morgan fingerprint density at radius 3 is 2.50 bits per heavy atom. The van der Waals surface area contributed by atoms with Gasteiger partial charge in [-0.15, -0.1) is 0 Å². The molecule has 2 heterocycles. The fourth-order valence-corrected chi connectivity index (χ4v) is 5.02. The monoisotopic (exact) mass is 513 g/mol. The summed E-state index contributed by atoms with van der Waals surface area (Å²) in [7, 11) is 0. The fourth-order valence-electron chi connectivity index (χ4n) is 4.84. The van der Waals surface area contributed by atoms with Gasteiger partial charge in [0, 0.05) is 37.8 Å². The zero-order valence-corrected chi connectivity index (χ0v) is 21.7. The molecule has 2 aliphatic rings. The van der Waals surface area contributed by atoms with Crippen LogP contribution >= 0.6 is 11.6 Å². The number of carbonyl (C=O) groups excluding carboxylic acids is 1. The first-order valence-corrected chi connectivity index (χ1v) is 13.5. The van der Waals surface area contributed by atoms with Crippen LogP contribution in [0, 0.1) is 5.82 Å². The average molecular weight is 514 g/mol. The van der Waals surface area contributed by atoms with Gasteiger partial charge in [0.25, 0.3) is 5.91 Å². The van der Waals surface area contributed by atoms with Crippen molar-refractivity contribution in [2.24, 2.45) is 0 Å². The van der Waals surface area contributed by atoms with E-state index in [1.807, 2.05) is 12.1 Å². The van der Waals surface area contributed by atoms with Gasteiger partial charge < -0.3 is 15.0 Å². The third-order valence-corrected chi connectivity index (χ3v) is 7.28. The Hall–Kier alpha value is -2.41. The smallest absolute Gasteiger partial charge is 0.251 e. The van der Waals surface area contributed by atoms with Gasteiger partial charge in [-0.1, -0.05) is 42.3 Å². The second-order valence-corrected chi connectivity index (χ2v) is 10.2. The van der Waals surface area contributed by atoms with Gasteiger partial charge in [0.05, 0.1) is 11.6 Å². The van der Waals surface area contributed by atoms with Gasteiger partial charge in [-0.3, -0.25) is 9.69 Å². The Bertz CT molecular complexity index is 1000. The third kappa shape index (κ3) is 8.32. The van der Waals surface area contributed by atoms with E-state index in [0.717, 1.165) is 63.4 Å². The topological polar surface area (TPSA) is 44.8 Å². The van der Waals surface area contributed by atoms with E-state index in [0.29, 0.717) is 5.56 Å². The van der Waals surface area contributed by atoms with Crippen molar-refractivity contribution in [3.05, 3.63) is 70.5 Å². The number of hydrogen-bond acceptors (Lipinski definition) is 4. The molecule has 0 atom stereocenters. The molecule has 0 saturated carbocycles. The zero-order valence-electron chi connectivity index (χ0n) is 20.9. The summed E-state index contributed by atoms with van der Waals surface area (Å²) in [5, 5.41) is 3.01. The molecule has 4 rings (SSSR count). The van der Waals surface area contributed by atoms with Crippen molar-refractivity contribution in [2.75, 3.05) is 45.9 Å². The molecule has 0 aromatic heterocycles. The van der Waals surface area contributed by atoms with Crippen molar-refractivity contribution in [3.8, 4) is 5.75 Å². The van der Waals surface area contributed by atoms with Crippen LogP contribution in [0.25, 0.3) is 6.08 Å². The molecular formula is C29H37ClFN3O2. The number of nitrogens with one attached hydrogen (secondary N) is 1. The number of hydrogen-bond donors (Lipinski definition) is 1. The summed E-state index contributed by atoms with van der Waals surface area (Å²) in [6.07, 6.45) is 11.2. The number of halogens is 2. The highest BCUT2D eigenvalue weighted by molar-refractivity contribution is 6.31. The van der Waals surface area contributed by atoms with Crippen molar-refractivity contribution >= 4 is 23.6 Å². The molecular weight excluding hydrogens is 477 g/mol. The molecule has 0 radical (unpaired) electrons. The van der Waals surface area contributed by atoms with Crippen molar-refractivity contribution < 1.29 is 13.9 Å². The molecule has 2 aliphatic heterocycles. The predicted molar refractivity (Wildman–Crippen MR) is 144 cm³/mol. The molecule has 1 amide bonds. The quantitative estimate of drug-likeness (QED) is 0.417. The van der Waals surface area contributed by atoms with E-state index in [1.165, 1.54) is 50.6 Å². The number of ether oxygens (including phenoxy) is 1. The normalized spacial score (nSPS) is 17.9. The molecule has 0 unspecified atom stereocenters. The highest BCUT2D eigenvalue weighted by Gasteiger charge is 2.21. The lowest BCUT2D eigenvalue weighted by atomic mass is 10.0. The van der Waals surface area contributed by atoms with Gasteiger partial charge in [-0.05, 0) is 81.1 Å². The maximum Gasteiger partial charge on any atom is 0.251 e. The molecule has 36 heavy (non-hydrogen) atoms. The van der Waals surface area contributed by atoms with Crippen LogP contribution in [0.15, 0.2) is 48.5 Å². The van der Waals surface area contributed by atoms with Crippen LogP contribution in [0.1, 0.15) is 54.4 Å². The van der Waals surface area contributed by atoms with Crippen LogP contribution < -0.4 is 10.1 Å². The molecule has 2 aromatic rings. The number of nitrogens with zero attached hydrogens (tertiary/aromatic N) is 2. The van der Waals surface area contributed by atoms with E-state index < -0.39 is 5.82 Å². The van der Waals surface area contributed by atoms with Crippen LogP contribution in [0.2, 0.25) is 5.02 Å². The van der Waals surface area contributed by atoms with E-state index in [4.69, 9.17) is 16.3 Å². The van der Waals surface area contributed by atoms with E-state index in [-0.39, 0.29) is 17.0 Å². The number of rotatable bonds is 10. The summed E-state index contributed by atoms with van der Waals surface area (Å²) in [4.78, 5) is 17.4. The number of piperidine rings is 2. The molecule has 0 bridgehead atoms. The minimum Gasteiger partial charge on any atom is -0.494 e. The molecule has 194 valence electrons. The highest BCUT2D eigenvalue weighted by atomic mass is 35.5. The maximum absolute atomic E-state index is 13.3. The first-order valence-electron chi connectivity index (χ1n) is 13.2. The molecule has 2 fully saturated rings. The minimum atomic E-state index is -0.516. The van der Waals surface area contributed by atoms with E-state index >= 15 is 0 Å². The second kappa shape index (κ2) is 13.8. The van der Waals surface area contributed by atoms with Crippen LogP contribution in [0.4, 0.5) is 4.39 Å². The lowest BCUT2D eigenvalue weighted by molar-refractivity contribution is 0.0914. The Balaban J connectivity index is 1.11. The first kappa shape index (κ1) is 26.6. The predicted octanol–water partition coefficient (Wildman–Crippen LogP) is 5.64. The van der Waals surface area contributed by atoms with Crippen LogP contribution in [0.3, 0.4) is 0 Å². The molecule has 2 aromatic carbocycles. The van der Waals surface area contributed by atoms with Gasteiger partial charge in [-0.2, -0.15) is 0 Å². The van der Waals surface area contributed by atoms with E-state index in [2.05, 4.69) is 39.4 Å². The number of likely N-dealkylation sites (tertiary alicyclic amines) is 2. The highest BCUT2D eigenvalue weighted by Crippen LogP contribution is 2.18. The molecule has 7 heteroatoms. The zero-order chi connectivity index (χ0) is 25.2. The second-order valence-electron chi connectivity index (χ2n) is 9.75. The molecule has 1 N–H and O–H groups in total. The summed E-state index contributed by atoms with van der Waals surface area (Å²) in [6, 6.07) is 12.5. The maximum atomic E-state index is 13.3. The Labute approximate surface area is 219 Å². The van der Waals surface area contributed by atoms with Crippen LogP contribution in [0.5, 0.6) is 5.75 Å². The average Bonchev–Trinajstić information content (AvgIpc) is 2.90. The largest absolute Gasteiger partial charge is 0.494 e. The summed E-state index contributed by atoms with van der Waals surface area (Å²) >= 11 is 5.79. The number of amides is 1. The minimum absolute atomic E-state index is 0.0327.